The van der Waals surface area contributed by atoms with Crippen LogP contribution in [0.3, 0.4) is 0 Å². The van der Waals surface area contributed by atoms with Crippen molar-refractivity contribution < 1.29 is 27.5 Å². The molecule has 0 aliphatic rings. The van der Waals surface area contributed by atoms with Crippen LogP contribution in [0.2, 0.25) is 5.02 Å². The Balaban J connectivity index is 2.48. The molecule has 0 bridgehead atoms. The number of hydrogen-bond donors (Lipinski definition) is 1. The van der Waals surface area contributed by atoms with Crippen LogP contribution in [-0.4, -0.2) is 64.7 Å². The Bertz CT molecular complexity index is 1140. The largest absolute Gasteiger partial charge is 0.497 e. The van der Waals surface area contributed by atoms with Gasteiger partial charge in [0, 0.05) is 24.2 Å². The summed E-state index contributed by atoms with van der Waals surface area (Å²) in [6, 6.07) is 10.7. The molecule has 2 amide bonds. The predicted octanol–water partition coefficient (Wildman–Crippen LogP) is 3.07. The molecule has 2 aromatic carbocycles. The van der Waals surface area contributed by atoms with Gasteiger partial charge < -0.3 is 19.7 Å². The number of hydrogen-bond acceptors (Lipinski definition) is 6. The second kappa shape index (κ2) is 12.6. The van der Waals surface area contributed by atoms with Crippen molar-refractivity contribution in [2.24, 2.45) is 0 Å². The normalized spacial score (nSPS) is 11.9. The molecule has 9 nitrogen and oxygen atoms in total. The first-order valence-electron chi connectivity index (χ1n) is 11.0. The molecule has 192 valence electrons. The zero-order chi connectivity index (χ0) is 26.2. The van der Waals surface area contributed by atoms with Crippen molar-refractivity contribution in [2.45, 2.75) is 32.9 Å². The van der Waals surface area contributed by atoms with Gasteiger partial charge in [0.2, 0.25) is 21.8 Å². The van der Waals surface area contributed by atoms with Gasteiger partial charge in [-0.15, -0.1) is 0 Å². The van der Waals surface area contributed by atoms with Crippen molar-refractivity contribution in [2.75, 3.05) is 37.9 Å². The van der Waals surface area contributed by atoms with E-state index < -0.39 is 28.5 Å². The fourth-order valence-corrected chi connectivity index (χ4v) is 4.42. The van der Waals surface area contributed by atoms with Gasteiger partial charge in [0.25, 0.3) is 0 Å². The number of carbonyl (C=O) groups is 2. The maximum Gasteiger partial charge on any atom is 0.244 e. The number of benzene rings is 2. The SMILES string of the molecule is CCCNC(=O)C(C)N(Cc1ccccc1Cl)C(=O)CN(c1cc(OC)ccc1OC)S(C)(=O)=O. The molecule has 11 heteroatoms. The third-order valence-corrected chi connectivity index (χ3v) is 6.84. The van der Waals surface area contributed by atoms with Crippen LogP contribution in [0.25, 0.3) is 0 Å². The standard InChI is InChI=1S/C24H32ClN3O6S/c1-6-13-26-24(30)17(2)27(15-18-9-7-8-10-20(18)25)23(29)16-28(35(5,31)32)21-14-19(33-3)11-12-22(21)34-4/h7-12,14,17H,6,13,15-16H2,1-5H3,(H,26,30). The summed E-state index contributed by atoms with van der Waals surface area (Å²) in [5.41, 5.74) is 0.769. The van der Waals surface area contributed by atoms with Gasteiger partial charge in [0.05, 0.1) is 26.2 Å². The lowest BCUT2D eigenvalue weighted by molar-refractivity contribution is -0.139. The number of ether oxygens (including phenoxy) is 2. The number of carbonyl (C=O) groups excluding carboxylic acids is 2. The van der Waals surface area contributed by atoms with Crippen molar-refractivity contribution in [1.29, 1.82) is 0 Å². The zero-order valence-electron chi connectivity index (χ0n) is 20.6. The first kappa shape index (κ1) is 28.3. The van der Waals surface area contributed by atoms with Crippen LogP contribution in [0, 0.1) is 0 Å². The van der Waals surface area contributed by atoms with Crippen molar-refractivity contribution in [3.8, 4) is 11.5 Å². The summed E-state index contributed by atoms with van der Waals surface area (Å²) in [7, 11) is -1.07. The van der Waals surface area contributed by atoms with Crippen LogP contribution in [0.4, 0.5) is 5.69 Å². The second-order valence-corrected chi connectivity index (χ2v) is 10.2. The molecule has 1 N–H and O–H groups in total. The van der Waals surface area contributed by atoms with Crippen molar-refractivity contribution in [1.82, 2.24) is 10.2 Å². The van der Waals surface area contributed by atoms with Gasteiger partial charge >= 0.3 is 0 Å². The summed E-state index contributed by atoms with van der Waals surface area (Å²) in [6.45, 7) is 3.43. The van der Waals surface area contributed by atoms with E-state index in [1.807, 2.05) is 6.92 Å². The summed E-state index contributed by atoms with van der Waals surface area (Å²) in [6.07, 6.45) is 1.73. The Hall–Kier alpha value is -2.98. The molecule has 0 heterocycles. The van der Waals surface area contributed by atoms with Crippen LogP contribution in [0.1, 0.15) is 25.8 Å². The number of nitrogens with one attached hydrogen (secondary N) is 1. The van der Waals surface area contributed by atoms with Crippen LogP contribution in [0.15, 0.2) is 42.5 Å². The lowest BCUT2D eigenvalue weighted by Crippen LogP contribution is -2.51. The summed E-state index contributed by atoms with van der Waals surface area (Å²) in [5.74, 6) is -0.297. The average Bonchev–Trinajstić information content (AvgIpc) is 2.83. The molecule has 0 aromatic heterocycles. The number of amides is 2. The van der Waals surface area contributed by atoms with Crippen LogP contribution < -0.4 is 19.1 Å². The monoisotopic (exact) mass is 525 g/mol. The summed E-state index contributed by atoms with van der Waals surface area (Å²) in [5, 5.41) is 3.21. The van der Waals surface area contributed by atoms with Crippen LogP contribution in [0.5, 0.6) is 11.5 Å². The number of anilines is 1. The molecule has 0 saturated carbocycles. The number of rotatable bonds is 12. The highest BCUT2D eigenvalue weighted by atomic mass is 35.5. The molecule has 2 rings (SSSR count). The minimum atomic E-state index is -3.92. The molecule has 1 atom stereocenters. The Kier molecular flexibility index (Phi) is 10.2. The van der Waals surface area contributed by atoms with E-state index in [9.17, 15) is 18.0 Å². The molecular formula is C24H32ClN3O6S. The van der Waals surface area contributed by atoms with Crippen LogP contribution >= 0.6 is 11.6 Å². The Morgan fingerprint density at radius 1 is 1.11 bits per heavy atom. The lowest BCUT2D eigenvalue weighted by Gasteiger charge is -2.32. The first-order valence-corrected chi connectivity index (χ1v) is 13.3. The van der Waals surface area contributed by atoms with E-state index in [0.29, 0.717) is 22.9 Å². The Morgan fingerprint density at radius 3 is 2.37 bits per heavy atom. The van der Waals surface area contributed by atoms with E-state index in [-0.39, 0.29) is 23.9 Å². The van der Waals surface area contributed by atoms with E-state index in [4.69, 9.17) is 21.1 Å². The summed E-state index contributed by atoms with van der Waals surface area (Å²) < 4.78 is 37.1. The maximum absolute atomic E-state index is 13.6. The Morgan fingerprint density at radius 2 is 1.80 bits per heavy atom. The van der Waals surface area contributed by atoms with Crippen molar-refractivity contribution in [3.63, 3.8) is 0 Å². The number of nitrogens with zero attached hydrogens (tertiary/aromatic N) is 2. The second-order valence-electron chi connectivity index (χ2n) is 7.89. The van der Waals surface area contributed by atoms with Gasteiger partial charge in [-0.2, -0.15) is 0 Å². The quantitative estimate of drug-likeness (QED) is 0.456. The lowest BCUT2D eigenvalue weighted by atomic mass is 10.1. The molecule has 2 aromatic rings. The molecule has 35 heavy (non-hydrogen) atoms. The predicted molar refractivity (Wildman–Crippen MR) is 137 cm³/mol. The topological polar surface area (TPSA) is 105 Å². The Labute approximate surface area is 212 Å². The molecule has 1 unspecified atom stereocenters. The molecule has 0 radical (unpaired) electrons. The molecule has 0 fully saturated rings. The van der Waals surface area contributed by atoms with Gasteiger partial charge in [-0.05, 0) is 37.1 Å². The maximum atomic E-state index is 13.6. The van der Waals surface area contributed by atoms with Gasteiger partial charge in [-0.25, -0.2) is 8.42 Å². The third-order valence-electron chi connectivity index (χ3n) is 5.35. The van der Waals surface area contributed by atoms with E-state index in [1.54, 1.807) is 43.3 Å². The fourth-order valence-electron chi connectivity index (χ4n) is 3.38. The molecule has 0 saturated heterocycles. The average molecular weight is 526 g/mol. The highest BCUT2D eigenvalue weighted by Crippen LogP contribution is 2.34. The molecule has 0 aliphatic carbocycles. The van der Waals surface area contributed by atoms with Crippen molar-refractivity contribution >= 4 is 39.1 Å². The zero-order valence-corrected chi connectivity index (χ0v) is 22.1. The number of halogens is 1. The van der Waals surface area contributed by atoms with Gasteiger partial charge in [0.15, 0.2) is 0 Å². The van der Waals surface area contributed by atoms with Gasteiger partial charge in [-0.3, -0.25) is 13.9 Å². The molecule has 0 aliphatic heterocycles. The summed E-state index contributed by atoms with van der Waals surface area (Å²) >= 11 is 6.31. The smallest absolute Gasteiger partial charge is 0.244 e. The number of methoxy groups -OCH3 is 2. The van der Waals surface area contributed by atoms with E-state index in [2.05, 4.69) is 5.32 Å². The van der Waals surface area contributed by atoms with Crippen molar-refractivity contribution in [3.05, 3.63) is 53.1 Å². The van der Waals surface area contributed by atoms with Gasteiger partial charge in [0.1, 0.15) is 24.1 Å². The first-order chi connectivity index (χ1) is 16.5. The van der Waals surface area contributed by atoms with E-state index in [1.165, 1.54) is 25.2 Å². The minimum Gasteiger partial charge on any atom is -0.497 e. The molecule has 0 spiro atoms. The fraction of sp³-hybridized carbons (Fsp3) is 0.417. The molecular weight excluding hydrogens is 494 g/mol. The van der Waals surface area contributed by atoms with Gasteiger partial charge in [-0.1, -0.05) is 36.7 Å². The summed E-state index contributed by atoms with van der Waals surface area (Å²) in [4.78, 5) is 27.7. The van der Waals surface area contributed by atoms with E-state index in [0.717, 1.165) is 17.0 Å². The van der Waals surface area contributed by atoms with E-state index >= 15 is 0 Å². The highest BCUT2D eigenvalue weighted by molar-refractivity contribution is 7.92. The third kappa shape index (κ3) is 7.50. The minimum absolute atomic E-state index is 0.0199. The number of sulfonamides is 1. The van der Waals surface area contributed by atoms with Crippen LogP contribution in [-0.2, 0) is 26.2 Å². The highest BCUT2D eigenvalue weighted by Gasteiger charge is 2.31.